The van der Waals surface area contributed by atoms with Crippen LogP contribution in [0.3, 0.4) is 0 Å². The summed E-state index contributed by atoms with van der Waals surface area (Å²) in [7, 11) is 0. The first kappa shape index (κ1) is 14.3. The van der Waals surface area contributed by atoms with E-state index in [1.165, 1.54) is 15.5 Å². The number of aromatic nitrogens is 1. The van der Waals surface area contributed by atoms with Gasteiger partial charge in [-0.25, -0.2) is 0 Å². The molecule has 0 saturated carbocycles. The van der Waals surface area contributed by atoms with Gasteiger partial charge in [0.05, 0.1) is 0 Å². The maximum absolute atomic E-state index is 4.66. The molecule has 1 aromatic carbocycles. The van der Waals surface area contributed by atoms with E-state index in [1.54, 1.807) is 0 Å². The van der Waals surface area contributed by atoms with Gasteiger partial charge in [-0.1, -0.05) is 0 Å². The van der Waals surface area contributed by atoms with E-state index in [1.807, 2.05) is 0 Å². The summed E-state index contributed by atoms with van der Waals surface area (Å²) in [6, 6.07) is 13.2. The molecule has 2 heteroatoms. The molecule has 0 aliphatic rings. The van der Waals surface area contributed by atoms with Gasteiger partial charge in [-0.3, -0.25) is 0 Å². The standard InChI is InChI=1S/C17H23GeN/c1-13(2)14-7-6-8-15(11-14)17-10-9-16(12-19-17)18(3,4)5/h6-13H,1-5H3. The average molecular weight is 314 g/mol. The molecule has 0 saturated heterocycles. The minimum atomic E-state index is -1.74. The Labute approximate surface area is 119 Å². The first-order valence-electron chi connectivity index (χ1n) is 6.95. The Morgan fingerprint density at radius 2 is 1.74 bits per heavy atom. The van der Waals surface area contributed by atoms with Gasteiger partial charge in [0.2, 0.25) is 0 Å². The third-order valence-electron chi connectivity index (χ3n) is 3.48. The fraction of sp³-hybridized carbons (Fsp3) is 0.353. The molecule has 2 rings (SSSR count). The van der Waals surface area contributed by atoms with Crippen LogP contribution in [0.5, 0.6) is 0 Å². The summed E-state index contributed by atoms with van der Waals surface area (Å²) in [5.41, 5.74) is 3.67. The van der Waals surface area contributed by atoms with E-state index in [0.29, 0.717) is 5.92 Å². The van der Waals surface area contributed by atoms with Crippen LogP contribution in [-0.4, -0.2) is 18.3 Å². The fourth-order valence-corrected chi connectivity index (χ4v) is 4.24. The second kappa shape index (κ2) is 5.50. The van der Waals surface area contributed by atoms with Crippen LogP contribution in [0.2, 0.25) is 17.3 Å². The van der Waals surface area contributed by atoms with Gasteiger partial charge < -0.3 is 0 Å². The Morgan fingerprint density at radius 1 is 1.00 bits per heavy atom. The number of pyridine rings is 1. The Morgan fingerprint density at radius 3 is 2.26 bits per heavy atom. The first-order valence-corrected chi connectivity index (χ1v) is 14.3. The van der Waals surface area contributed by atoms with Crippen LogP contribution in [0.25, 0.3) is 11.3 Å². The van der Waals surface area contributed by atoms with Gasteiger partial charge in [-0.05, 0) is 0 Å². The number of hydrogen-bond donors (Lipinski definition) is 0. The second-order valence-electron chi connectivity index (χ2n) is 6.46. The van der Waals surface area contributed by atoms with Crippen molar-refractivity contribution in [2.24, 2.45) is 0 Å². The van der Waals surface area contributed by atoms with Crippen LogP contribution in [0.4, 0.5) is 0 Å². The summed E-state index contributed by atoms with van der Waals surface area (Å²) >= 11 is -1.74. The molecular weight excluding hydrogens is 291 g/mol. The van der Waals surface area contributed by atoms with E-state index in [-0.39, 0.29) is 0 Å². The predicted molar refractivity (Wildman–Crippen MR) is 86.7 cm³/mol. The van der Waals surface area contributed by atoms with Crippen molar-refractivity contribution in [1.82, 2.24) is 4.98 Å². The molecular formula is C17H23GeN. The number of benzene rings is 1. The third kappa shape index (κ3) is 3.47. The van der Waals surface area contributed by atoms with Crippen molar-refractivity contribution < 1.29 is 0 Å². The van der Waals surface area contributed by atoms with Gasteiger partial charge in [0.25, 0.3) is 0 Å². The zero-order valence-electron chi connectivity index (χ0n) is 12.6. The summed E-state index contributed by atoms with van der Waals surface area (Å²) in [6.45, 7) is 4.45. The maximum atomic E-state index is 4.66. The Bertz CT molecular complexity index is 550. The Balaban J connectivity index is 2.35. The number of hydrogen-bond acceptors (Lipinski definition) is 1. The number of rotatable bonds is 3. The normalized spacial score (nSPS) is 11.9. The molecule has 1 nitrogen and oxygen atoms in total. The first-order chi connectivity index (χ1) is 8.88. The summed E-state index contributed by atoms with van der Waals surface area (Å²) in [5.74, 6) is 7.76. The molecule has 2 aromatic rings. The molecule has 0 N–H and O–H groups in total. The molecule has 0 aliphatic heterocycles. The molecule has 1 aromatic heterocycles. The van der Waals surface area contributed by atoms with Crippen molar-refractivity contribution in [2.45, 2.75) is 37.0 Å². The van der Waals surface area contributed by atoms with Crippen molar-refractivity contribution in [1.29, 1.82) is 0 Å². The Hall–Kier alpha value is -1.09. The molecule has 0 amide bonds. The monoisotopic (exact) mass is 315 g/mol. The zero-order chi connectivity index (χ0) is 14.0. The zero-order valence-corrected chi connectivity index (χ0v) is 14.7. The second-order valence-corrected chi connectivity index (χ2v) is 17.1. The van der Waals surface area contributed by atoms with E-state index >= 15 is 0 Å². The van der Waals surface area contributed by atoms with Gasteiger partial charge in [0.1, 0.15) is 0 Å². The molecule has 0 atom stereocenters. The summed E-state index contributed by atoms with van der Waals surface area (Å²) in [5, 5.41) is 0. The third-order valence-corrected chi connectivity index (χ3v) is 7.73. The van der Waals surface area contributed by atoms with E-state index < -0.39 is 13.3 Å². The van der Waals surface area contributed by atoms with Gasteiger partial charge >= 0.3 is 119 Å². The van der Waals surface area contributed by atoms with Gasteiger partial charge in [0.15, 0.2) is 0 Å². The van der Waals surface area contributed by atoms with Crippen LogP contribution < -0.4 is 4.40 Å². The van der Waals surface area contributed by atoms with Crippen molar-refractivity contribution in [3.05, 3.63) is 48.2 Å². The molecule has 0 radical (unpaired) electrons. The molecule has 19 heavy (non-hydrogen) atoms. The van der Waals surface area contributed by atoms with Crippen molar-refractivity contribution in [3.63, 3.8) is 0 Å². The fourth-order valence-electron chi connectivity index (χ4n) is 2.07. The topological polar surface area (TPSA) is 12.9 Å². The summed E-state index contributed by atoms with van der Waals surface area (Å²) < 4.78 is 1.46. The Kier molecular flexibility index (Phi) is 4.14. The molecule has 0 bridgehead atoms. The van der Waals surface area contributed by atoms with Crippen LogP contribution in [-0.2, 0) is 0 Å². The molecule has 0 fully saturated rings. The summed E-state index contributed by atoms with van der Waals surface area (Å²) in [6.07, 6.45) is 2.08. The molecule has 0 aliphatic carbocycles. The van der Waals surface area contributed by atoms with E-state index in [0.717, 1.165) is 5.69 Å². The van der Waals surface area contributed by atoms with Gasteiger partial charge in [-0.15, -0.1) is 0 Å². The van der Waals surface area contributed by atoms with Gasteiger partial charge in [-0.2, -0.15) is 0 Å². The molecule has 100 valence electrons. The van der Waals surface area contributed by atoms with E-state index in [2.05, 4.69) is 78.7 Å². The minimum absolute atomic E-state index is 0.559. The van der Waals surface area contributed by atoms with Crippen molar-refractivity contribution in [2.75, 3.05) is 0 Å². The van der Waals surface area contributed by atoms with Crippen molar-refractivity contribution >= 4 is 17.7 Å². The van der Waals surface area contributed by atoms with Crippen LogP contribution >= 0.6 is 0 Å². The number of nitrogens with zero attached hydrogens (tertiary/aromatic N) is 1. The van der Waals surface area contributed by atoms with Crippen LogP contribution in [0, 0.1) is 0 Å². The quantitative estimate of drug-likeness (QED) is 0.765. The van der Waals surface area contributed by atoms with Crippen LogP contribution in [0.1, 0.15) is 25.3 Å². The average Bonchev–Trinajstić information content (AvgIpc) is 2.38. The van der Waals surface area contributed by atoms with Crippen molar-refractivity contribution in [3.8, 4) is 11.3 Å². The SMILES string of the molecule is CC(C)c1cccc(-c2cc[c]([Ge]([CH3])([CH3])[CH3])cn2)c1. The van der Waals surface area contributed by atoms with Gasteiger partial charge in [0, 0.05) is 0 Å². The van der Waals surface area contributed by atoms with E-state index in [4.69, 9.17) is 0 Å². The van der Waals surface area contributed by atoms with E-state index in [9.17, 15) is 0 Å². The summed E-state index contributed by atoms with van der Waals surface area (Å²) in [4.78, 5) is 4.66. The van der Waals surface area contributed by atoms with Crippen LogP contribution in [0.15, 0.2) is 42.6 Å². The molecule has 0 unspecified atom stereocenters. The molecule has 0 spiro atoms. The molecule has 1 heterocycles. The predicted octanol–water partition coefficient (Wildman–Crippen LogP) is 4.42.